The molecule has 8 aromatic heterocycles. The Kier molecular flexibility index (Phi) is 19.8. The topological polar surface area (TPSA) is 402 Å². The van der Waals surface area contributed by atoms with Crippen molar-refractivity contribution < 1.29 is 47.9 Å². The summed E-state index contributed by atoms with van der Waals surface area (Å²) < 4.78 is 9.66. The molecule has 478 valence electrons. The number of fused-ring (bicyclic) bond motifs is 1. The molecule has 0 bridgehead atoms. The highest BCUT2D eigenvalue weighted by molar-refractivity contribution is 7.20. The number of hydrogen-bond donors (Lipinski definition) is 12. The second-order valence-electron chi connectivity index (χ2n) is 21.5. The minimum atomic E-state index is -0.843. The first-order valence-electron chi connectivity index (χ1n) is 28.4. The van der Waals surface area contributed by atoms with Crippen molar-refractivity contribution in [2.75, 3.05) is 77.5 Å². The first kappa shape index (κ1) is 64.7. The Hall–Kier alpha value is -11.7. The van der Waals surface area contributed by atoms with Crippen LogP contribution in [0.1, 0.15) is 103 Å². The Morgan fingerprint density at radius 1 is 0.489 bits per heavy atom. The van der Waals surface area contributed by atoms with Crippen LogP contribution < -0.4 is 53.2 Å². The standard InChI is InChI=1S/C59H66N22O10S/c1-75(2)19-11-16-61-47(82)15-18-63-57(89)48-69-45(30-79(48)6)73-55(87)41-23-34(26-78(41)5)66-52(84)38-21-33(25-64-38)65-58(90)49-70-44(29-80(49)7)72-51(83)37(60)14-17-62-53(85)39-22-35(27-76(39)3)67-54(86)40-24-36(28-77(40)4)68-59(91)50-71-46(31-81(50)8)74-56(88)43-20-32-12-9-10-13-42(32)92-43/h9-10,12-13,20-31,60,64H,11,14-19H2,1-8H3,(H,61,82)(H,62,85)(H,63,89)(H,65,90)(H,66,84)(H,67,86)(H,68,91)(H,72,83)(H,73,87)(H,74,88). The number of aromatic amines is 1. The third-order valence-electron chi connectivity index (χ3n) is 14.0. The lowest BCUT2D eigenvalue weighted by Gasteiger charge is -2.10. The van der Waals surface area contributed by atoms with Crippen molar-refractivity contribution in [1.82, 2.24) is 68.2 Å². The van der Waals surface area contributed by atoms with Crippen LogP contribution in [0.2, 0.25) is 0 Å². The van der Waals surface area contributed by atoms with Crippen LogP contribution in [0.3, 0.4) is 0 Å². The third-order valence-corrected chi connectivity index (χ3v) is 15.1. The Balaban J connectivity index is 0.687. The van der Waals surface area contributed by atoms with Crippen LogP contribution in [0.15, 0.2) is 98.0 Å². The van der Waals surface area contributed by atoms with Gasteiger partial charge in [-0.05, 0) is 68.8 Å². The first-order valence-corrected chi connectivity index (χ1v) is 29.2. The number of imidazole rings is 3. The number of H-pyrrole nitrogens is 1. The van der Waals surface area contributed by atoms with E-state index in [1.54, 1.807) is 41.3 Å². The average Bonchev–Trinajstić information content (AvgIpc) is 1.73. The van der Waals surface area contributed by atoms with E-state index >= 15 is 0 Å². The lowest BCUT2D eigenvalue weighted by Crippen LogP contribution is -2.32. The molecule has 0 unspecified atom stereocenters. The highest BCUT2D eigenvalue weighted by Crippen LogP contribution is 2.27. The molecule has 0 aliphatic heterocycles. The molecule has 0 fully saturated rings. The lowest BCUT2D eigenvalue weighted by molar-refractivity contribution is -0.121. The van der Waals surface area contributed by atoms with Crippen molar-refractivity contribution in [1.29, 1.82) is 5.41 Å². The number of carbonyl (C=O) groups excluding carboxylic acids is 10. The summed E-state index contributed by atoms with van der Waals surface area (Å²) in [7, 11) is 13.4. The molecule has 8 heterocycles. The molecule has 92 heavy (non-hydrogen) atoms. The van der Waals surface area contributed by atoms with E-state index in [2.05, 4.69) is 73.1 Å². The molecule has 9 aromatic rings. The number of aromatic nitrogens is 10. The second-order valence-corrected chi connectivity index (χ2v) is 22.6. The van der Waals surface area contributed by atoms with Gasteiger partial charge in [-0.25, -0.2) is 15.0 Å². The quantitative estimate of drug-likeness (QED) is 0.0270. The maximum Gasteiger partial charge on any atom is 0.291 e. The zero-order chi connectivity index (χ0) is 66.1. The van der Waals surface area contributed by atoms with E-state index < -0.39 is 53.0 Å². The fraction of sp³-hybridized carbons (Fsp3) is 0.254. The Morgan fingerprint density at radius 3 is 1.54 bits per heavy atom. The van der Waals surface area contributed by atoms with E-state index in [1.807, 2.05) is 43.3 Å². The van der Waals surface area contributed by atoms with Crippen LogP contribution >= 0.6 is 11.3 Å². The molecule has 0 saturated heterocycles. The number of thiophene rings is 1. The van der Waals surface area contributed by atoms with Gasteiger partial charge in [-0.15, -0.1) is 11.3 Å². The number of nitrogens with zero attached hydrogens (tertiary/aromatic N) is 10. The Labute approximate surface area is 528 Å². The molecule has 1 aromatic carbocycles. The third kappa shape index (κ3) is 15.9. The van der Waals surface area contributed by atoms with Gasteiger partial charge < -0.3 is 90.5 Å². The molecule has 0 atom stereocenters. The van der Waals surface area contributed by atoms with Crippen LogP contribution in [-0.2, 0) is 51.9 Å². The van der Waals surface area contributed by atoms with E-state index in [0.29, 0.717) is 11.4 Å². The molecule has 32 nitrogen and oxygen atoms in total. The van der Waals surface area contributed by atoms with Gasteiger partial charge in [0.15, 0.2) is 17.5 Å². The van der Waals surface area contributed by atoms with Crippen LogP contribution in [-0.4, -0.2) is 157 Å². The van der Waals surface area contributed by atoms with Gasteiger partial charge in [0.1, 0.15) is 22.8 Å². The molecule has 33 heteroatoms. The minimum absolute atomic E-state index is 0.00500. The van der Waals surface area contributed by atoms with Crippen molar-refractivity contribution in [3.05, 3.63) is 143 Å². The molecule has 0 aliphatic carbocycles. The second kappa shape index (κ2) is 28.2. The number of benzene rings is 1. The van der Waals surface area contributed by atoms with Gasteiger partial charge in [-0.1, -0.05) is 18.2 Å². The van der Waals surface area contributed by atoms with Gasteiger partial charge in [0.25, 0.3) is 53.2 Å². The maximum absolute atomic E-state index is 13.4. The Morgan fingerprint density at radius 2 is 0.967 bits per heavy atom. The average molecular weight is 1280 g/mol. The Bertz CT molecular complexity index is 4340. The number of nitrogens with one attached hydrogen (secondary N) is 12. The van der Waals surface area contributed by atoms with Crippen LogP contribution in [0.4, 0.5) is 40.2 Å². The summed E-state index contributed by atoms with van der Waals surface area (Å²) in [6.45, 7) is 1.32. The summed E-state index contributed by atoms with van der Waals surface area (Å²) in [4.78, 5) is 149. The minimum Gasteiger partial charge on any atom is -0.356 e. The van der Waals surface area contributed by atoms with Crippen molar-refractivity contribution in [3.8, 4) is 0 Å². The zero-order valence-electron chi connectivity index (χ0n) is 51.2. The van der Waals surface area contributed by atoms with E-state index in [-0.39, 0.29) is 118 Å². The van der Waals surface area contributed by atoms with Gasteiger partial charge in [0, 0.05) is 123 Å². The predicted octanol–water partition coefficient (Wildman–Crippen LogP) is 3.93. The fourth-order valence-electron chi connectivity index (χ4n) is 9.38. The lowest BCUT2D eigenvalue weighted by atomic mass is 10.2. The summed E-state index contributed by atoms with van der Waals surface area (Å²) in [6, 6.07) is 15.1. The van der Waals surface area contributed by atoms with Crippen molar-refractivity contribution in [2.45, 2.75) is 19.3 Å². The number of carbonyl (C=O) groups is 10. The molecule has 12 N–H and O–H groups in total. The molecule has 9 rings (SSSR count). The predicted molar refractivity (Wildman–Crippen MR) is 343 cm³/mol. The molecule has 0 spiro atoms. The highest BCUT2D eigenvalue weighted by Gasteiger charge is 2.24. The zero-order valence-corrected chi connectivity index (χ0v) is 52.0. The monoisotopic (exact) mass is 1270 g/mol. The van der Waals surface area contributed by atoms with Gasteiger partial charge in [0.05, 0.1) is 33.3 Å². The number of hydrogen-bond acceptors (Lipinski definition) is 16. The van der Waals surface area contributed by atoms with Crippen molar-refractivity contribution in [2.24, 2.45) is 42.3 Å². The summed E-state index contributed by atoms with van der Waals surface area (Å²) in [5.74, 6) is -5.43. The number of rotatable bonds is 26. The molecule has 0 saturated carbocycles. The molecule has 0 aliphatic rings. The summed E-state index contributed by atoms with van der Waals surface area (Å²) >= 11 is 1.34. The van der Waals surface area contributed by atoms with Gasteiger partial charge in [-0.3, -0.25) is 53.4 Å². The van der Waals surface area contributed by atoms with E-state index in [9.17, 15) is 47.9 Å². The van der Waals surface area contributed by atoms with Crippen LogP contribution in [0.25, 0.3) is 10.1 Å². The molecular formula is C59H66N22O10S. The smallest absolute Gasteiger partial charge is 0.291 e. The van der Waals surface area contributed by atoms with Gasteiger partial charge in [0.2, 0.25) is 23.4 Å². The highest BCUT2D eigenvalue weighted by atomic mass is 32.1. The van der Waals surface area contributed by atoms with E-state index in [4.69, 9.17) is 5.41 Å². The summed E-state index contributed by atoms with van der Waals surface area (Å²) in [5.41, 5.74) is 1.13. The van der Waals surface area contributed by atoms with Gasteiger partial charge >= 0.3 is 0 Å². The summed E-state index contributed by atoms with van der Waals surface area (Å²) in [6.07, 6.45) is 11.0. The van der Waals surface area contributed by atoms with Crippen LogP contribution in [0, 0.1) is 5.41 Å². The normalized spacial score (nSPS) is 11.1. The fourth-order valence-corrected chi connectivity index (χ4v) is 10.3. The van der Waals surface area contributed by atoms with E-state index in [1.165, 1.54) is 113 Å². The van der Waals surface area contributed by atoms with Crippen molar-refractivity contribution >= 4 is 126 Å². The van der Waals surface area contributed by atoms with Crippen molar-refractivity contribution in [3.63, 3.8) is 0 Å². The summed E-state index contributed by atoms with van der Waals surface area (Å²) in [5, 5.41) is 36.1. The molecular weight excluding hydrogens is 1210 g/mol. The maximum atomic E-state index is 13.4. The van der Waals surface area contributed by atoms with E-state index in [0.717, 1.165) is 23.1 Å². The molecule has 10 amide bonds. The first-order chi connectivity index (χ1) is 43.8. The van der Waals surface area contributed by atoms with Gasteiger partial charge in [-0.2, -0.15) is 0 Å². The number of anilines is 7. The molecule has 0 radical (unpaired) electrons. The van der Waals surface area contributed by atoms with Crippen LogP contribution in [0.5, 0.6) is 0 Å². The number of aryl methyl sites for hydroxylation is 6. The SMILES string of the molecule is CN(C)CCCNC(=O)CCNC(=O)c1nc(NC(=O)c2cc(NC(=O)c3cc(NC(=O)c4nc(NC(=O)C(=N)CCNC(=O)c5cc(NC(=O)c6cc(NC(=O)c7nc(NC(=O)c8cc9ccccc9s8)cn7C)cn6C)cn5C)cn4C)c[nH]3)cn2C)cn1C. The number of amides is 10. The largest absolute Gasteiger partial charge is 0.356 e.